The fourth-order valence-corrected chi connectivity index (χ4v) is 2.03. The number of carboxylic acid groups (broad SMARTS) is 1. The monoisotopic (exact) mass is 299 g/mol. The molecular weight excluding hydrogens is 291 g/mol. The van der Waals surface area contributed by atoms with E-state index in [1.807, 2.05) is 0 Å². The summed E-state index contributed by atoms with van der Waals surface area (Å²) in [5.41, 5.74) is -0.499. The van der Waals surface area contributed by atoms with Gasteiger partial charge in [0, 0.05) is 0 Å². The molecule has 1 rings (SSSR count). The summed E-state index contributed by atoms with van der Waals surface area (Å²) in [5.74, 6) is -3.68. The molecule has 1 aromatic rings. The number of nitrogens with one attached hydrogen (secondary N) is 1. The molecular formula is C9H8F3NO5S. The van der Waals surface area contributed by atoms with Crippen LogP contribution in [-0.2, 0) is 14.8 Å². The van der Waals surface area contributed by atoms with Crippen molar-refractivity contribution >= 4 is 21.7 Å². The second-order valence-electron chi connectivity index (χ2n) is 3.30. The Labute approximate surface area is 105 Å². The van der Waals surface area contributed by atoms with Gasteiger partial charge >= 0.3 is 12.3 Å². The van der Waals surface area contributed by atoms with Gasteiger partial charge in [-0.15, -0.1) is 13.2 Å². The van der Waals surface area contributed by atoms with Crippen molar-refractivity contribution in [3.63, 3.8) is 0 Å². The van der Waals surface area contributed by atoms with Gasteiger partial charge in [-0.25, -0.2) is 8.42 Å². The SMILES string of the molecule is O=C(O)CS(=O)(=O)Nc1ccccc1OC(F)(F)F. The van der Waals surface area contributed by atoms with E-state index >= 15 is 0 Å². The number of halogens is 3. The molecule has 1 aromatic carbocycles. The maximum absolute atomic E-state index is 12.1. The largest absolute Gasteiger partial charge is 0.573 e. The van der Waals surface area contributed by atoms with Crippen molar-refractivity contribution in [2.75, 3.05) is 10.5 Å². The summed E-state index contributed by atoms with van der Waals surface area (Å²) in [7, 11) is -4.31. The number of alkyl halides is 3. The lowest BCUT2D eigenvalue weighted by Crippen LogP contribution is -2.24. The molecule has 0 aliphatic rings. The molecule has 0 aromatic heterocycles. The second kappa shape index (κ2) is 5.34. The lowest BCUT2D eigenvalue weighted by molar-refractivity contribution is -0.274. The first kappa shape index (κ1) is 15.1. The van der Waals surface area contributed by atoms with Crippen molar-refractivity contribution in [2.24, 2.45) is 0 Å². The third kappa shape index (κ3) is 5.46. The average Bonchev–Trinajstić information content (AvgIpc) is 2.16. The van der Waals surface area contributed by atoms with Crippen molar-refractivity contribution in [1.82, 2.24) is 0 Å². The molecule has 0 aliphatic heterocycles. The Bertz CT molecular complexity index is 569. The topological polar surface area (TPSA) is 92.7 Å². The van der Waals surface area contributed by atoms with E-state index in [1.54, 1.807) is 4.72 Å². The van der Waals surface area contributed by atoms with Crippen LogP contribution in [0, 0.1) is 0 Å². The number of anilines is 1. The van der Waals surface area contributed by atoms with Crippen molar-refractivity contribution in [3.05, 3.63) is 24.3 Å². The molecule has 0 fully saturated rings. The molecule has 0 atom stereocenters. The fourth-order valence-electron chi connectivity index (χ4n) is 1.13. The van der Waals surface area contributed by atoms with Gasteiger partial charge < -0.3 is 9.84 Å². The number of rotatable bonds is 5. The number of ether oxygens (including phenoxy) is 1. The number of aliphatic carboxylic acids is 1. The Kier molecular flexibility index (Phi) is 4.24. The van der Waals surface area contributed by atoms with Gasteiger partial charge in [-0.2, -0.15) is 0 Å². The lowest BCUT2D eigenvalue weighted by Gasteiger charge is -2.14. The average molecular weight is 299 g/mol. The number of benzene rings is 1. The molecule has 2 N–H and O–H groups in total. The van der Waals surface area contributed by atoms with E-state index in [1.165, 1.54) is 12.1 Å². The van der Waals surface area contributed by atoms with Gasteiger partial charge in [-0.1, -0.05) is 12.1 Å². The van der Waals surface area contributed by atoms with Crippen molar-refractivity contribution in [2.45, 2.75) is 6.36 Å². The number of sulfonamides is 1. The zero-order chi connectivity index (χ0) is 14.7. The Morgan fingerprint density at radius 2 is 1.89 bits per heavy atom. The normalized spacial score (nSPS) is 11.9. The van der Waals surface area contributed by atoms with Gasteiger partial charge in [-0.05, 0) is 12.1 Å². The smallest absolute Gasteiger partial charge is 0.480 e. The summed E-state index contributed by atoms with van der Waals surface area (Å²) in [4.78, 5) is 10.3. The molecule has 0 bridgehead atoms. The summed E-state index contributed by atoms with van der Waals surface area (Å²) >= 11 is 0. The van der Waals surface area contributed by atoms with Crippen LogP contribution in [0.25, 0.3) is 0 Å². The highest BCUT2D eigenvalue weighted by molar-refractivity contribution is 7.93. The lowest BCUT2D eigenvalue weighted by atomic mass is 10.3. The minimum atomic E-state index is -4.99. The van der Waals surface area contributed by atoms with Gasteiger partial charge in [0.2, 0.25) is 10.0 Å². The highest BCUT2D eigenvalue weighted by Gasteiger charge is 2.32. The zero-order valence-electron chi connectivity index (χ0n) is 9.14. The van der Waals surface area contributed by atoms with E-state index in [-0.39, 0.29) is 0 Å². The van der Waals surface area contributed by atoms with E-state index in [0.717, 1.165) is 12.1 Å². The Morgan fingerprint density at radius 3 is 2.42 bits per heavy atom. The number of para-hydroxylation sites is 2. The fraction of sp³-hybridized carbons (Fsp3) is 0.222. The van der Waals surface area contributed by atoms with E-state index in [0.29, 0.717) is 0 Å². The first-order chi connectivity index (χ1) is 8.59. The molecule has 0 heterocycles. The number of carboxylic acids is 1. The molecule has 19 heavy (non-hydrogen) atoms. The quantitative estimate of drug-likeness (QED) is 0.857. The van der Waals surface area contributed by atoms with Crippen molar-refractivity contribution in [3.8, 4) is 5.75 Å². The van der Waals surface area contributed by atoms with Gasteiger partial charge in [0.25, 0.3) is 0 Å². The van der Waals surface area contributed by atoms with Crippen LogP contribution in [0.2, 0.25) is 0 Å². The van der Waals surface area contributed by atoms with Crippen molar-refractivity contribution in [1.29, 1.82) is 0 Å². The summed E-state index contributed by atoms with van der Waals surface area (Å²) < 4.78 is 64.1. The molecule has 6 nitrogen and oxygen atoms in total. The van der Waals surface area contributed by atoms with Gasteiger partial charge in [-0.3, -0.25) is 9.52 Å². The zero-order valence-corrected chi connectivity index (χ0v) is 9.96. The molecule has 0 aliphatic carbocycles. The predicted molar refractivity (Wildman–Crippen MR) is 58.2 cm³/mol. The maximum Gasteiger partial charge on any atom is 0.573 e. The molecule has 0 unspecified atom stereocenters. The molecule has 0 saturated carbocycles. The molecule has 0 saturated heterocycles. The second-order valence-corrected chi connectivity index (χ2v) is 5.02. The van der Waals surface area contributed by atoms with Gasteiger partial charge in [0.15, 0.2) is 11.5 Å². The first-order valence-electron chi connectivity index (χ1n) is 4.66. The summed E-state index contributed by atoms with van der Waals surface area (Å²) in [5, 5.41) is 8.35. The Morgan fingerprint density at radius 1 is 1.32 bits per heavy atom. The number of carbonyl (C=O) groups is 1. The highest BCUT2D eigenvalue weighted by atomic mass is 32.2. The van der Waals surface area contributed by atoms with E-state index < -0.39 is 39.5 Å². The van der Waals surface area contributed by atoms with E-state index in [2.05, 4.69) is 4.74 Å². The maximum atomic E-state index is 12.1. The first-order valence-corrected chi connectivity index (χ1v) is 6.31. The third-order valence-corrected chi connectivity index (χ3v) is 2.85. The van der Waals surface area contributed by atoms with Crippen LogP contribution in [0.1, 0.15) is 0 Å². The van der Waals surface area contributed by atoms with Crippen LogP contribution in [0.5, 0.6) is 5.75 Å². The predicted octanol–water partition coefficient (Wildman–Crippen LogP) is 1.41. The van der Waals surface area contributed by atoms with Crippen LogP contribution in [0.15, 0.2) is 24.3 Å². The van der Waals surface area contributed by atoms with E-state index in [4.69, 9.17) is 5.11 Å². The Balaban J connectivity index is 2.99. The summed E-state index contributed by atoms with van der Waals surface area (Å²) in [6, 6.07) is 4.38. The minimum absolute atomic E-state index is 0.499. The summed E-state index contributed by atoms with van der Waals surface area (Å²) in [6.45, 7) is 0. The Hall–Kier alpha value is -1.97. The molecule has 106 valence electrons. The van der Waals surface area contributed by atoms with E-state index in [9.17, 15) is 26.4 Å². The van der Waals surface area contributed by atoms with Crippen LogP contribution in [0.3, 0.4) is 0 Å². The van der Waals surface area contributed by atoms with Crippen LogP contribution < -0.4 is 9.46 Å². The number of hydrogen-bond donors (Lipinski definition) is 2. The molecule has 0 radical (unpaired) electrons. The summed E-state index contributed by atoms with van der Waals surface area (Å²) in [6.07, 6.45) is -4.99. The van der Waals surface area contributed by atoms with Gasteiger partial charge in [0.05, 0.1) is 5.69 Å². The molecule has 0 spiro atoms. The molecule has 10 heteroatoms. The van der Waals surface area contributed by atoms with Gasteiger partial charge in [0.1, 0.15) is 0 Å². The number of hydrogen-bond acceptors (Lipinski definition) is 4. The highest BCUT2D eigenvalue weighted by Crippen LogP contribution is 2.30. The van der Waals surface area contributed by atoms with Crippen LogP contribution >= 0.6 is 0 Å². The standard InChI is InChI=1S/C9H8F3NO5S/c10-9(11,12)18-7-4-2-1-3-6(7)13-19(16,17)5-8(14)15/h1-4,13H,5H2,(H,14,15). The van der Waals surface area contributed by atoms with Crippen LogP contribution in [0.4, 0.5) is 18.9 Å². The molecule has 0 amide bonds. The van der Waals surface area contributed by atoms with Crippen LogP contribution in [-0.4, -0.2) is 31.6 Å². The third-order valence-electron chi connectivity index (χ3n) is 1.69. The van der Waals surface area contributed by atoms with Crippen molar-refractivity contribution < 1.29 is 36.2 Å². The minimum Gasteiger partial charge on any atom is -0.480 e.